The molecule has 0 unspecified atom stereocenters. The second-order valence-electron chi connectivity index (χ2n) is 9.42. The van der Waals surface area contributed by atoms with Crippen LogP contribution in [0.2, 0.25) is 0 Å². The fourth-order valence-corrected chi connectivity index (χ4v) is 4.30. The van der Waals surface area contributed by atoms with Crippen LogP contribution in [0, 0.1) is 18.8 Å². The summed E-state index contributed by atoms with van der Waals surface area (Å²) in [5.41, 5.74) is 2.95. The topological polar surface area (TPSA) is 134 Å². The Morgan fingerprint density at radius 2 is 2.06 bits per heavy atom. The van der Waals surface area contributed by atoms with E-state index in [2.05, 4.69) is 39.7 Å². The number of hydrogen-bond acceptors (Lipinski definition) is 8. The number of pyridine rings is 1. The molecule has 0 bridgehead atoms. The lowest BCUT2D eigenvalue weighted by Gasteiger charge is -2.27. The fraction of sp³-hybridized carbons (Fsp3) is 0.609. The fourth-order valence-electron chi connectivity index (χ4n) is 4.30. The summed E-state index contributed by atoms with van der Waals surface area (Å²) in [7, 11) is 1.84. The number of rotatable bonds is 9. The van der Waals surface area contributed by atoms with Gasteiger partial charge in [-0.15, -0.1) is 10.2 Å². The highest BCUT2D eigenvalue weighted by atomic mass is 16.5. The molecule has 0 aliphatic heterocycles. The maximum atomic E-state index is 11.4. The molecule has 1 saturated carbocycles. The first-order valence-electron chi connectivity index (χ1n) is 11.8. The van der Waals surface area contributed by atoms with E-state index in [9.17, 15) is 9.90 Å². The maximum absolute atomic E-state index is 11.4. The van der Waals surface area contributed by atoms with Crippen LogP contribution in [0.15, 0.2) is 12.1 Å². The van der Waals surface area contributed by atoms with Crippen LogP contribution in [-0.4, -0.2) is 57.4 Å². The van der Waals surface area contributed by atoms with Gasteiger partial charge >= 0.3 is 5.97 Å². The van der Waals surface area contributed by atoms with E-state index in [1.54, 1.807) is 9.36 Å². The summed E-state index contributed by atoms with van der Waals surface area (Å²) < 4.78 is 9.65. The van der Waals surface area contributed by atoms with Crippen LogP contribution in [0.5, 0.6) is 5.75 Å². The van der Waals surface area contributed by atoms with Gasteiger partial charge in [-0.1, -0.05) is 19.1 Å². The molecule has 0 radical (unpaired) electrons. The Morgan fingerprint density at radius 1 is 1.24 bits per heavy atom. The number of aryl methyl sites for hydroxylation is 3. The lowest BCUT2D eigenvalue weighted by molar-refractivity contribution is -0.143. The summed E-state index contributed by atoms with van der Waals surface area (Å²) >= 11 is 0. The van der Waals surface area contributed by atoms with Crippen LogP contribution in [-0.2, 0) is 24.8 Å². The number of nitrogens with zero attached hydrogens (tertiary/aromatic N) is 8. The van der Waals surface area contributed by atoms with Gasteiger partial charge in [0.1, 0.15) is 11.4 Å². The van der Waals surface area contributed by atoms with Gasteiger partial charge in [-0.05, 0) is 67.5 Å². The third kappa shape index (κ3) is 5.40. The molecule has 4 rings (SSSR count). The summed E-state index contributed by atoms with van der Waals surface area (Å²) in [6.45, 7) is 6.68. The number of carboxylic acids is 1. The van der Waals surface area contributed by atoms with E-state index in [-0.39, 0.29) is 12.0 Å². The zero-order chi connectivity index (χ0) is 24.2. The lowest BCUT2D eigenvalue weighted by Crippen LogP contribution is -2.29. The van der Waals surface area contributed by atoms with Crippen molar-refractivity contribution in [1.82, 2.24) is 40.2 Å². The van der Waals surface area contributed by atoms with Gasteiger partial charge in [0.05, 0.1) is 35.6 Å². The van der Waals surface area contributed by atoms with E-state index >= 15 is 0 Å². The molecule has 3 heterocycles. The Labute approximate surface area is 198 Å². The van der Waals surface area contributed by atoms with Crippen molar-refractivity contribution in [3.05, 3.63) is 29.3 Å². The van der Waals surface area contributed by atoms with Gasteiger partial charge < -0.3 is 9.84 Å². The predicted molar refractivity (Wildman–Crippen MR) is 123 cm³/mol. The minimum absolute atomic E-state index is 0.114. The molecule has 3 aromatic rings. The third-order valence-corrected chi connectivity index (χ3v) is 6.34. The molecule has 182 valence electrons. The van der Waals surface area contributed by atoms with Crippen molar-refractivity contribution in [2.75, 3.05) is 0 Å². The minimum Gasteiger partial charge on any atom is -0.489 e. The maximum Gasteiger partial charge on any atom is 0.306 e. The molecular weight excluding hydrogens is 436 g/mol. The molecule has 1 fully saturated rings. The first-order chi connectivity index (χ1) is 16.3. The Hall–Kier alpha value is -3.37. The van der Waals surface area contributed by atoms with Gasteiger partial charge in [-0.2, -0.15) is 0 Å². The number of aromatic nitrogens is 8. The van der Waals surface area contributed by atoms with E-state index in [4.69, 9.17) is 9.72 Å². The summed E-state index contributed by atoms with van der Waals surface area (Å²) in [4.78, 5) is 16.1. The van der Waals surface area contributed by atoms with Crippen molar-refractivity contribution < 1.29 is 14.6 Å². The van der Waals surface area contributed by atoms with Crippen LogP contribution >= 0.6 is 0 Å². The van der Waals surface area contributed by atoms with E-state index in [1.165, 1.54) is 0 Å². The van der Waals surface area contributed by atoms with Gasteiger partial charge in [-0.3, -0.25) is 4.79 Å². The van der Waals surface area contributed by atoms with Crippen molar-refractivity contribution >= 4 is 5.97 Å². The normalized spacial score (nSPS) is 18.4. The minimum atomic E-state index is -0.747. The molecule has 34 heavy (non-hydrogen) atoms. The predicted octanol–water partition coefficient (Wildman–Crippen LogP) is 2.83. The van der Waals surface area contributed by atoms with Gasteiger partial charge in [0.25, 0.3) is 0 Å². The highest BCUT2D eigenvalue weighted by Gasteiger charge is 2.28. The van der Waals surface area contributed by atoms with E-state index < -0.39 is 5.97 Å². The number of carboxylic acid groups (broad SMARTS) is 1. The zero-order valence-electron chi connectivity index (χ0n) is 20.2. The van der Waals surface area contributed by atoms with Crippen molar-refractivity contribution in [2.24, 2.45) is 18.9 Å². The standard InChI is InChI=1S/C23H32N8O3/c1-14(2)8-11-21-25-27-29-31(21)13-19-22(26-28-30(19)4)18-9-10-20(15(3)24-18)34-17-7-5-6-16(12-17)23(32)33/h9-10,14,16-17H,5-8,11-13H2,1-4H3,(H,32,33)/t16-,17-/m0/s1. The molecule has 1 aliphatic carbocycles. The highest BCUT2D eigenvalue weighted by molar-refractivity contribution is 5.70. The lowest BCUT2D eigenvalue weighted by atomic mass is 9.87. The number of ether oxygens (including phenoxy) is 1. The van der Waals surface area contributed by atoms with E-state index in [1.807, 2.05) is 26.1 Å². The van der Waals surface area contributed by atoms with Crippen molar-refractivity contribution in [3.63, 3.8) is 0 Å². The summed E-state index contributed by atoms with van der Waals surface area (Å²) in [6.07, 6.45) is 4.64. The molecule has 0 spiro atoms. The SMILES string of the molecule is Cc1nc(-c2nnn(C)c2Cn2nnnc2CCC(C)C)ccc1O[C@H]1CCC[C@H](C(=O)O)C1. The van der Waals surface area contributed by atoms with Gasteiger partial charge in [0.2, 0.25) is 0 Å². The van der Waals surface area contributed by atoms with Crippen LogP contribution in [0.25, 0.3) is 11.4 Å². The smallest absolute Gasteiger partial charge is 0.306 e. The van der Waals surface area contributed by atoms with Crippen molar-refractivity contribution in [3.8, 4) is 17.1 Å². The second kappa shape index (κ2) is 10.3. The molecule has 11 nitrogen and oxygen atoms in total. The van der Waals surface area contributed by atoms with Crippen molar-refractivity contribution in [1.29, 1.82) is 0 Å². The number of carbonyl (C=O) groups is 1. The Morgan fingerprint density at radius 3 is 2.79 bits per heavy atom. The third-order valence-electron chi connectivity index (χ3n) is 6.34. The summed E-state index contributed by atoms with van der Waals surface area (Å²) in [6, 6.07) is 3.75. The van der Waals surface area contributed by atoms with Gasteiger partial charge in [0.15, 0.2) is 5.82 Å². The zero-order valence-corrected chi connectivity index (χ0v) is 20.2. The van der Waals surface area contributed by atoms with Crippen LogP contribution in [0.4, 0.5) is 0 Å². The highest BCUT2D eigenvalue weighted by Crippen LogP contribution is 2.30. The molecule has 1 aliphatic rings. The molecule has 0 aromatic carbocycles. The summed E-state index contributed by atoms with van der Waals surface area (Å²) in [5.74, 6) is 0.979. The second-order valence-corrected chi connectivity index (χ2v) is 9.42. The first-order valence-corrected chi connectivity index (χ1v) is 11.8. The summed E-state index contributed by atoms with van der Waals surface area (Å²) in [5, 5.41) is 30.1. The molecule has 0 amide bonds. The van der Waals surface area contributed by atoms with Crippen LogP contribution < -0.4 is 4.74 Å². The molecule has 1 N–H and O–H groups in total. The Balaban J connectivity index is 1.51. The molecule has 2 atom stereocenters. The Kier molecular flexibility index (Phi) is 7.18. The van der Waals surface area contributed by atoms with Crippen LogP contribution in [0.3, 0.4) is 0 Å². The monoisotopic (exact) mass is 468 g/mol. The first kappa shape index (κ1) is 23.8. The molecule has 3 aromatic heterocycles. The largest absolute Gasteiger partial charge is 0.489 e. The number of tetrazole rings is 1. The average Bonchev–Trinajstić information content (AvgIpc) is 3.40. The van der Waals surface area contributed by atoms with E-state index in [0.717, 1.165) is 42.9 Å². The molecule has 0 saturated heterocycles. The Bertz CT molecular complexity index is 1140. The molecular formula is C23H32N8O3. The van der Waals surface area contributed by atoms with Gasteiger partial charge in [-0.25, -0.2) is 14.3 Å². The van der Waals surface area contributed by atoms with Crippen LogP contribution in [0.1, 0.15) is 63.2 Å². The number of hydrogen-bond donors (Lipinski definition) is 1. The quantitative estimate of drug-likeness (QED) is 0.503. The number of aliphatic carboxylic acids is 1. The van der Waals surface area contributed by atoms with E-state index in [0.29, 0.717) is 42.4 Å². The van der Waals surface area contributed by atoms with Crippen molar-refractivity contribution in [2.45, 2.75) is 71.9 Å². The average molecular weight is 469 g/mol. The molecule has 11 heteroatoms. The van der Waals surface area contributed by atoms with Gasteiger partial charge in [0, 0.05) is 13.5 Å².